The minimum atomic E-state index is -1.02. The normalized spacial score (nSPS) is 21.4. The number of carbonyl (C=O) groups is 3. The van der Waals surface area contributed by atoms with Crippen molar-refractivity contribution in [1.82, 2.24) is 10.2 Å². The van der Waals surface area contributed by atoms with Crippen molar-refractivity contribution < 1.29 is 27.6 Å². The summed E-state index contributed by atoms with van der Waals surface area (Å²) in [5.74, 6) is -2.49. The molecule has 9 heteroatoms. The van der Waals surface area contributed by atoms with Crippen molar-refractivity contribution >= 4 is 23.5 Å². The molecule has 2 fully saturated rings. The third-order valence-corrected chi connectivity index (χ3v) is 5.38. The van der Waals surface area contributed by atoms with Crippen molar-refractivity contribution in [2.45, 2.75) is 31.8 Å². The number of benzene rings is 1. The molecule has 4 amide bonds. The number of amides is 4. The number of nitrogens with one attached hydrogen (secondary N) is 1. The highest BCUT2D eigenvalue weighted by molar-refractivity contribution is 6.10. The van der Waals surface area contributed by atoms with Crippen molar-refractivity contribution in [1.29, 1.82) is 0 Å². The topological polar surface area (TPSA) is 82.9 Å². The summed E-state index contributed by atoms with van der Waals surface area (Å²) in [6, 6.07) is 5.37. The average Bonchev–Trinajstić information content (AvgIpc) is 3.36. The highest BCUT2D eigenvalue weighted by atomic mass is 19.1. The third kappa shape index (κ3) is 3.48. The van der Waals surface area contributed by atoms with Gasteiger partial charge in [0.25, 0.3) is 5.91 Å². The first kappa shape index (κ1) is 19.1. The SMILES string of the molecule is CC1(C2CC2)NC(=O)N(CC(=O)N(Cc2ccco2)c2ccc(F)cc2F)C1=O. The van der Waals surface area contributed by atoms with Crippen LogP contribution in [0.2, 0.25) is 0 Å². The Morgan fingerprint density at radius 2 is 2.07 bits per heavy atom. The number of nitrogens with zero attached hydrogens (tertiary/aromatic N) is 2. The van der Waals surface area contributed by atoms with E-state index >= 15 is 0 Å². The standard InChI is InChI=1S/C20H19F2N3O4/c1-20(12-4-5-12)18(27)25(19(28)23-20)11-17(26)24(10-14-3-2-8-29-14)16-7-6-13(21)9-15(16)22/h2-3,6-9,12H,4-5,10-11H2,1H3,(H,23,28). The Kier molecular flexibility index (Phi) is 4.60. The van der Waals surface area contributed by atoms with Gasteiger partial charge >= 0.3 is 6.03 Å². The van der Waals surface area contributed by atoms with Gasteiger partial charge in [-0.1, -0.05) is 0 Å². The molecule has 2 heterocycles. The highest BCUT2D eigenvalue weighted by Crippen LogP contribution is 2.42. The van der Waals surface area contributed by atoms with E-state index in [4.69, 9.17) is 4.42 Å². The summed E-state index contributed by atoms with van der Waals surface area (Å²) < 4.78 is 32.9. The molecule has 152 valence electrons. The van der Waals surface area contributed by atoms with Gasteiger partial charge in [-0.3, -0.25) is 14.5 Å². The highest BCUT2D eigenvalue weighted by Gasteiger charge is 2.56. The zero-order valence-electron chi connectivity index (χ0n) is 15.7. The second kappa shape index (κ2) is 6.98. The van der Waals surface area contributed by atoms with Gasteiger partial charge in [0.2, 0.25) is 5.91 Å². The van der Waals surface area contributed by atoms with Crippen molar-refractivity contribution in [3.8, 4) is 0 Å². The molecule has 1 aromatic carbocycles. The minimum absolute atomic E-state index is 0.0489. The maximum atomic E-state index is 14.4. The largest absolute Gasteiger partial charge is 0.467 e. The maximum absolute atomic E-state index is 14.4. The Hall–Kier alpha value is -3.23. The van der Waals surface area contributed by atoms with Crippen LogP contribution < -0.4 is 10.2 Å². The molecule has 1 aromatic heterocycles. The van der Waals surface area contributed by atoms with Crippen molar-refractivity contribution in [3.05, 3.63) is 54.0 Å². The fraction of sp³-hybridized carbons (Fsp3) is 0.350. The van der Waals surface area contributed by atoms with E-state index in [0.717, 1.165) is 34.8 Å². The Morgan fingerprint density at radius 3 is 2.69 bits per heavy atom. The summed E-state index contributed by atoms with van der Waals surface area (Å²) in [5, 5.41) is 2.67. The van der Waals surface area contributed by atoms with Gasteiger partial charge in [0, 0.05) is 6.07 Å². The summed E-state index contributed by atoms with van der Waals surface area (Å²) in [6.07, 6.45) is 3.06. The molecule has 4 rings (SSSR count). The Labute approximate surface area is 165 Å². The van der Waals surface area contributed by atoms with Crippen LogP contribution >= 0.6 is 0 Å². The predicted octanol–water partition coefficient (Wildman–Crippen LogP) is 2.81. The van der Waals surface area contributed by atoms with Crippen molar-refractivity contribution in [2.24, 2.45) is 5.92 Å². The van der Waals surface area contributed by atoms with Gasteiger partial charge in [-0.25, -0.2) is 13.6 Å². The molecule has 29 heavy (non-hydrogen) atoms. The molecular weight excluding hydrogens is 384 g/mol. The van der Waals surface area contributed by atoms with Crippen LogP contribution in [0.3, 0.4) is 0 Å². The summed E-state index contributed by atoms with van der Waals surface area (Å²) >= 11 is 0. The van der Waals surface area contributed by atoms with Gasteiger partial charge in [0.15, 0.2) is 0 Å². The number of urea groups is 1. The van der Waals surface area contributed by atoms with E-state index in [-0.39, 0.29) is 18.2 Å². The van der Waals surface area contributed by atoms with Crippen LogP contribution in [-0.2, 0) is 16.1 Å². The lowest BCUT2D eigenvalue weighted by Crippen LogP contribution is -2.47. The molecule has 1 unspecified atom stereocenters. The number of hydrogen-bond donors (Lipinski definition) is 1. The lowest BCUT2D eigenvalue weighted by Gasteiger charge is -2.25. The van der Waals surface area contributed by atoms with Crippen LogP contribution in [-0.4, -0.2) is 34.8 Å². The van der Waals surface area contributed by atoms with Gasteiger partial charge in [-0.05, 0) is 49.9 Å². The predicted molar refractivity (Wildman–Crippen MR) is 97.6 cm³/mol. The number of rotatable bonds is 6. The van der Waals surface area contributed by atoms with E-state index in [2.05, 4.69) is 5.32 Å². The number of furan rings is 1. The molecular formula is C20H19F2N3O4. The van der Waals surface area contributed by atoms with Crippen molar-refractivity contribution in [2.75, 3.05) is 11.4 Å². The molecule has 0 radical (unpaired) electrons. The lowest BCUT2D eigenvalue weighted by atomic mass is 9.96. The summed E-state index contributed by atoms with van der Waals surface area (Å²) in [6.45, 7) is 0.943. The molecule has 0 bridgehead atoms. The lowest BCUT2D eigenvalue weighted by molar-refractivity contribution is -0.134. The molecule has 1 aliphatic carbocycles. The molecule has 2 aliphatic rings. The van der Waals surface area contributed by atoms with E-state index in [1.54, 1.807) is 19.1 Å². The van der Waals surface area contributed by atoms with E-state index in [0.29, 0.717) is 11.8 Å². The first-order chi connectivity index (χ1) is 13.8. The molecule has 1 saturated heterocycles. The van der Waals surface area contributed by atoms with Crippen LogP contribution in [0.5, 0.6) is 0 Å². The molecule has 0 spiro atoms. The number of imide groups is 1. The Bertz CT molecular complexity index is 974. The number of hydrogen-bond acceptors (Lipinski definition) is 4. The van der Waals surface area contributed by atoms with Crippen molar-refractivity contribution in [3.63, 3.8) is 0 Å². The van der Waals surface area contributed by atoms with Crippen LogP contribution in [0.25, 0.3) is 0 Å². The zero-order chi connectivity index (χ0) is 20.8. The zero-order valence-corrected chi connectivity index (χ0v) is 15.7. The molecule has 1 aliphatic heterocycles. The quantitative estimate of drug-likeness (QED) is 0.752. The first-order valence-electron chi connectivity index (χ1n) is 9.21. The Morgan fingerprint density at radius 1 is 1.31 bits per heavy atom. The van der Waals surface area contributed by atoms with E-state index < -0.39 is 41.6 Å². The summed E-state index contributed by atoms with van der Waals surface area (Å²) in [5.41, 5.74) is -1.20. The van der Waals surface area contributed by atoms with E-state index in [9.17, 15) is 23.2 Å². The number of halogens is 2. The second-order valence-corrected chi connectivity index (χ2v) is 7.45. The first-order valence-corrected chi connectivity index (χ1v) is 9.21. The van der Waals surface area contributed by atoms with Gasteiger partial charge < -0.3 is 14.6 Å². The third-order valence-electron chi connectivity index (χ3n) is 5.38. The minimum Gasteiger partial charge on any atom is -0.467 e. The van der Waals surface area contributed by atoms with Gasteiger partial charge in [0.05, 0.1) is 18.5 Å². The number of anilines is 1. The fourth-order valence-corrected chi connectivity index (χ4v) is 3.58. The number of carbonyl (C=O) groups excluding carboxylic acids is 3. The molecule has 1 saturated carbocycles. The molecule has 7 nitrogen and oxygen atoms in total. The summed E-state index contributed by atoms with van der Waals surface area (Å²) in [7, 11) is 0. The Balaban J connectivity index is 1.59. The monoisotopic (exact) mass is 403 g/mol. The van der Waals surface area contributed by atoms with Crippen LogP contribution in [0.1, 0.15) is 25.5 Å². The average molecular weight is 403 g/mol. The van der Waals surface area contributed by atoms with Gasteiger partial charge in [-0.15, -0.1) is 0 Å². The molecule has 1 atom stereocenters. The second-order valence-electron chi connectivity index (χ2n) is 7.45. The van der Waals surface area contributed by atoms with Crippen LogP contribution in [0.4, 0.5) is 19.3 Å². The van der Waals surface area contributed by atoms with Gasteiger partial charge in [-0.2, -0.15) is 0 Å². The summed E-state index contributed by atoms with van der Waals surface area (Å²) in [4.78, 5) is 40.0. The molecule has 2 aromatic rings. The van der Waals surface area contributed by atoms with E-state index in [1.807, 2.05) is 0 Å². The fourth-order valence-electron chi connectivity index (χ4n) is 3.58. The molecule has 1 N–H and O–H groups in total. The maximum Gasteiger partial charge on any atom is 0.325 e. The van der Waals surface area contributed by atoms with E-state index in [1.165, 1.54) is 6.26 Å². The van der Waals surface area contributed by atoms with Crippen LogP contribution in [0.15, 0.2) is 41.0 Å². The van der Waals surface area contributed by atoms with Gasteiger partial charge in [0.1, 0.15) is 29.5 Å². The van der Waals surface area contributed by atoms with Crippen LogP contribution in [0, 0.1) is 17.6 Å². The smallest absolute Gasteiger partial charge is 0.325 e.